The third-order valence-electron chi connectivity index (χ3n) is 3.47. The molecule has 0 unspecified atom stereocenters. The second-order valence-corrected chi connectivity index (χ2v) is 5.07. The Bertz CT molecular complexity index is 885. The lowest BCUT2D eigenvalue weighted by molar-refractivity contribution is -0.127. The Labute approximate surface area is 130 Å². The lowest BCUT2D eigenvalue weighted by Crippen LogP contribution is -2.11. The summed E-state index contributed by atoms with van der Waals surface area (Å²) in [7, 11) is 0. The molecule has 23 heavy (non-hydrogen) atoms. The fourth-order valence-corrected chi connectivity index (χ4v) is 2.45. The van der Waals surface area contributed by atoms with Gasteiger partial charge in [0.2, 0.25) is 6.29 Å². The summed E-state index contributed by atoms with van der Waals surface area (Å²) in [5.74, 6) is -1.58. The Morgan fingerprint density at radius 2 is 1.78 bits per heavy atom. The summed E-state index contributed by atoms with van der Waals surface area (Å²) >= 11 is 0. The summed E-state index contributed by atoms with van der Waals surface area (Å²) < 4.78 is 28.3. The van der Waals surface area contributed by atoms with E-state index in [1.165, 1.54) is 24.3 Å². The van der Waals surface area contributed by atoms with Crippen LogP contribution in [0.4, 0.5) is 14.5 Å². The third kappa shape index (κ3) is 3.11. The fourth-order valence-electron chi connectivity index (χ4n) is 2.45. The number of halogens is 2. The van der Waals surface area contributed by atoms with E-state index in [2.05, 4.69) is 5.32 Å². The third-order valence-corrected chi connectivity index (χ3v) is 3.47. The molecule has 0 aliphatic rings. The second kappa shape index (κ2) is 6.00. The fraction of sp³-hybridized carbons (Fsp3) is 0.0588. The van der Waals surface area contributed by atoms with Gasteiger partial charge in [-0.25, -0.2) is 8.78 Å². The van der Waals surface area contributed by atoms with E-state index in [1.54, 1.807) is 29.0 Å². The number of amides is 1. The monoisotopic (exact) mass is 314 g/mol. The zero-order valence-electron chi connectivity index (χ0n) is 11.9. The van der Waals surface area contributed by atoms with Crippen LogP contribution in [0.25, 0.3) is 10.9 Å². The lowest BCUT2D eigenvalue weighted by Gasteiger charge is -2.05. The Kier molecular flexibility index (Phi) is 3.89. The number of hydrogen-bond acceptors (Lipinski definition) is 2. The van der Waals surface area contributed by atoms with Crippen molar-refractivity contribution in [3.8, 4) is 0 Å². The van der Waals surface area contributed by atoms with Gasteiger partial charge in [0, 0.05) is 18.1 Å². The molecule has 3 rings (SSSR count). The predicted molar refractivity (Wildman–Crippen MR) is 82.1 cm³/mol. The molecule has 0 radical (unpaired) electrons. The maximum Gasteiger partial charge on any atom is 0.288 e. The van der Waals surface area contributed by atoms with Crippen molar-refractivity contribution in [1.82, 2.24) is 4.57 Å². The predicted octanol–water partition coefficient (Wildman–Crippen LogP) is 3.11. The van der Waals surface area contributed by atoms with Crippen LogP contribution in [0.1, 0.15) is 5.56 Å². The Morgan fingerprint density at radius 1 is 1.09 bits per heavy atom. The van der Waals surface area contributed by atoms with Crippen LogP contribution in [0, 0.1) is 11.6 Å². The molecule has 1 heterocycles. The lowest BCUT2D eigenvalue weighted by atomic mass is 10.2. The molecule has 4 nitrogen and oxygen atoms in total. The van der Waals surface area contributed by atoms with E-state index in [-0.39, 0.29) is 12.1 Å². The van der Waals surface area contributed by atoms with Crippen molar-refractivity contribution in [2.24, 2.45) is 0 Å². The number of aromatic nitrogens is 1. The Morgan fingerprint density at radius 3 is 2.48 bits per heavy atom. The number of anilines is 1. The summed E-state index contributed by atoms with van der Waals surface area (Å²) in [5.41, 5.74) is 1.89. The van der Waals surface area contributed by atoms with Crippen molar-refractivity contribution in [1.29, 1.82) is 0 Å². The normalized spacial score (nSPS) is 10.7. The number of nitrogens with one attached hydrogen (secondary N) is 1. The zero-order chi connectivity index (χ0) is 16.4. The first-order valence-electron chi connectivity index (χ1n) is 6.86. The number of fused-ring (bicyclic) bond motifs is 1. The molecule has 116 valence electrons. The number of hydrogen-bond donors (Lipinski definition) is 1. The molecule has 0 atom stereocenters. The van der Waals surface area contributed by atoms with Crippen molar-refractivity contribution in [2.45, 2.75) is 6.54 Å². The van der Waals surface area contributed by atoms with Gasteiger partial charge in [0.1, 0.15) is 11.6 Å². The molecule has 0 spiro atoms. The van der Waals surface area contributed by atoms with Crippen LogP contribution >= 0.6 is 0 Å². The number of carbonyl (C=O) groups excluding carboxylic acids is 2. The van der Waals surface area contributed by atoms with Crippen LogP contribution < -0.4 is 5.32 Å². The molecule has 1 aromatic heterocycles. The first kappa shape index (κ1) is 14.9. The molecule has 1 N–H and O–H groups in total. The molecule has 2 aromatic carbocycles. The van der Waals surface area contributed by atoms with Gasteiger partial charge >= 0.3 is 0 Å². The Balaban J connectivity index is 2.04. The molecule has 3 aromatic rings. The zero-order valence-corrected chi connectivity index (χ0v) is 11.9. The minimum atomic E-state index is -0.810. The largest absolute Gasteiger partial charge is 0.341 e. The van der Waals surface area contributed by atoms with E-state index in [0.717, 1.165) is 5.56 Å². The molecule has 1 amide bonds. The smallest absolute Gasteiger partial charge is 0.288 e. The van der Waals surface area contributed by atoms with Crippen LogP contribution in [0.5, 0.6) is 0 Å². The van der Waals surface area contributed by atoms with E-state index in [4.69, 9.17) is 0 Å². The molecule has 0 aliphatic carbocycles. The van der Waals surface area contributed by atoms with E-state index >= 15 is 0 Å². The molecular formula is C17H12F2N2O2. The number of rotatable bonds is 4. The molecule has 0 fully saturated rings. The van der Waals surface area contributed by atoms with E-state index < -0.39 is 11.7 Å². The van der Waals surface area contributed by atoms with Crippen LogP contribution in [-0.2, 0) is 16.1 Å². The average molecular weight is 314 g/mol. The van der Waals surface area contributed by atoms with Crippen LogP contribution in [0.15, 0.2) is 48.7 Å². The summed E-state index contributed by atoms with van der Waals surface area (Å²) in [5, 5.41) is 2.91. The van der Waals surface area contributed by atoms with E-state index in [0.29, 0.717) is 23.1 Å². The highest BCUT2D eigenvalue weighted by Crippen LogP contribution is 2.27. The second-order valence-electron chi connectivity index (χ2n) is 5.07. The van der Waals surface area contributed by atoms with Gasteiger partial charge in [-0.05, 0) is 35.9 Å². The number of carbonyl (C=O) groups is 2. The highest BCUT2D eigenvalue weighted by atomic mass is 19.1. The summed E-state index contributed by atoms with van der Waals surface area (Å²) in [6.45, 7) is 0.416. The van der Waals surface area contributed by atoms with Gasteiger partial charge in [0.05, 0.1) is 11.2 Å². The van der Waals surface area contributed by atoms with Crippen LogP contribution in [-0.4, -0.2) is 16.8 Å². The highest BCUT2D eigenvalue weighted by molar-refractivity contribution is 6.30. The quantitative estimate of drug-likeness (QED) is 0.594. The van der Waals surface area contributed by atoms with E-state index in [9.17, 15) is 18.4 Å². The number of benzene rings is 2. The van der Waals surface area contributed by atoms with Gasteiger partial charge in [-0.2, -0.15) is 0 Å². The molecule has 0 saturated carbocycles. The van der Waals surface area contributed by atoms with Crippen molar-refractivity contribution < 1.29 is 18.4 Å². The molecule has 0 bridgehead atoms. The minimum absolute atomic E-state index is 0.155. The highest BCUT2D eigenvalue weighted by Gasteiger charge is 2.12. The van der Waals surface area contributed by atoms with Crippen LogP contribution in [0.2, 0.25) is 0 Å². The molecule has 0 aliphatic heterocycles. The topological polar surface area (TPSA) is 51.1 Å². The maximum absolute atomic E-state index is 13.5. The van der Waals surface area contributed by atoms with Gasteiger partial charge in [-0.1, -0.05) is 12.1 Å². The first-order chi connectivity index (χ1) is 11.1. The van der Waals surface area contributed by atoms with Crippen molar-refractivity contribution in [3.05, 3.63) is 65.9 Å². The van der Waals surface area contributed by atoms with E-state index in [1.807, 2.05) is 0 Å². The van der Waals surface area contributed by atoms with Gasteiger partial charge in [0.15, 0.2) is 0 Å². The van der Waals surface area contributed by atoms with Crippen molar-refractivity contribution in [3.63, 3.8) is 0 Å². The molecule has 0 saturated heterocycles. The molecular weight excluding hydrogens is 302 g/mol. The average Bonchev–Trinajstić information content (AvgIpc) is 2.86. The van der Waals surface area contributed by atoms with Crippen LogP contribution in [0.3, 0.4) is 0 Å². The SMILES string of the molecule is O=CC(=O)Nc1cn(Cc2ccc(F)cc2)c2ccc(F)cc12. The maximum atomic E-state index is 13.5. The van der Waals surface area contributed by atoms with Gasteiger partial charge < -0.3 is 9.88 Å². The number of aldehydes is 1. The number of nitrogens with zero attached hydrogens (tertiary/aromatic N) is 1. The van der Waals surface area contributed by atoms with Gasteiger partial charge in [-0.15, -0.1) is 0 Å². The van der Waals surface area contributed by atoms with Crippen molar-refractivity contribution in [2.75, 3.05) is 5.32 Å². The summed E-state index contributed by atoms with van der Waals surface area (Å²) in [6, 6.07) is 10.2. The first-order valence-corrected chi connectivity index (χ1v) is 6.86. The minimum Gasteiger partial charge on any atom is -0.341 e. The van der Waals surface area contributed by atoms with Gasteiger partial charge in [0.25, 0.3) is 5.91 Å². The van der Waals surface area contributed by atoms with Gasteiger partial charge in [-0.3, -0.25) is 9.59 Å². The van der Waals surface area contributed by atoms with Crippen molar-refractivity contribution >= 4 is 28.8 Å². The molecule has 6 heteroatoms. The standard InChI is InChI=1S/C17H12F2N2O2/c18-12-3-1-11(2-4-12)8-21-9-15(20-17(23)10-22)14-7-13(19)5-6-16(14)21/h1-7,9-10H,8H2,(H,20,23). The Hall–Kier alpha value is -3.02. The summed E-state index contributed by atoms with van der Waals surface area (Å²) in [4.78, 5) is 21.8. The summed E-state index contributed by atoms with van der Waals surface area (Å²) in [6.07, 6.45) is 1.78.